The first kappa shape index (κ1) is 24.5. The number of fused-ring (bicyclic) bond motifs is 6. The molecule has 0 fully saturated rings. The highest BCUT2D eigenvalue weighted by Crippen LogP contribution is 2.44. The van der Waals surface area contributed by atoms with Crippen molar-refractivity contribution >= 4 is 76.6 Å². The summed E-state index contributed by atoms with van der Waals surface area (Å²) in [4.78, 5) is 10.7. The Bertz CT molecular complexity index is 2170. The number of hydrogen-bond acceptors (Lipinski definition) is 4. The van der Waals surface area contributed by atoms with Crippen molar-refractivity contribution in [1.82, 2.24) is 0 Å². The molecule has 0 saturated carbocycles. The zero-order valence-corrected chi connectivity index (χ0v) is 23.9. The molecule has 5 aromatic carbocycles. The molecule has 0 aliphatic carbocycles. The van der Waals surface area contributed by atoms with Gasteiger partial charge in [-0.05, 0) is 47.9 Å². The fraction of sp³-hybridized carbons (Fsp3) is 0.111. The van der Waals surface area contributed by atoms with E-state index in [-0.39, 0.29) is 12.0 Å². The molecule has 0 spiro atoms. The predicted molar refractivity (Wildman–Crippen MR) is 174 cm³/mol. The summed E-state index contributed by atoms with van der Waals surface area (Å²) in [6.07, 6.45) is 0.914. The molecule has 2 aromatic heterocycles. The summed E-state index contributed by atoms with van der Waals surface area (Å²) < 4.78 is 8.82. The predicted octanol–water partition coefficient (Wildman–Crippen LogP) is 10.6. The number of benzene rings is 5. The van der Waals surface area contributed by atoms with Gasteiger partial charge in [0.05, 0.1) is 16.8 Å². The SMILES string of the molecule is CCC1C(c2ccccc2)=NC(c2cc(Cl)c3c(c2)oc2ccccc23)=NC1c1cccc2sc3ccccc3c12. The summed E-state index contributed by atoms with van der Waals surface area (Å²) in [7, 11) is 0. The second-order valence-corrected chi connectivity index (χ2v) is 12.0. The molecule has 7 aromatic rings. The molecule has 8 rings (SSSR count). The van der Waals surface area contributed by atoms with Crippen LogP contribution < -0.4 is 0 Å². The van der Waals surface area contributed by atoms with Gasteiger partial charge < -0.3 is 4.42 Å². The van der Waals surface area contributed by atoms with Gasteiger partial charge in [-0.2, -0.15) is 0 Å². The Labute approximate surface area is 246 Å². The highest BCUT2D eigenvalue weighted by molar-refractivity contribution is 7.25. The van der Waals surface area contributed by atoms with E-state index in [1.54, 1.807) is 0 Å². The molecule has 3 heterocycles. The van der Waals surface area contributed by atoms with E-state index in [9.17, 15) is 0 Å². The van der Waals surface area contributed by atoms with Gasteiger partial charge in [0.15, 0.2) is 5.84 Å². The number of halogens is 1. The highest BCUT2D eigenvalue weighted by atomic mass is 35.5. The van der Waals surface area contributed by atoms with Crippen molar-refractivity contribution in [3.05, 3.63) is 131 Å². The highest BCUT2D eigenvalue weighted by Gasteiger charge is 2.33. The van der Waals surface area contributed by atoms with Crippen molar-refractivity contribution < 1.29 is 4.42 Å². The maximum Gasteiger partial charge on any atom is 0.155 e. The molecule has 0 amide bonds. The molecular weight excluding hydrogens is 544 g/mol. The fourth-order valence-corrected chi connectivity index (χ4v) is 7.76. The molecule has 198 valence electrons. The van der Waals surface area contributed by atoms with Crippen LogP contribution in [0.3, 0.4) is 0 Å². The van der Waals surface area contributed by atoms with Crippen LogP contribution in [0.15, 0.2) is 124 Å². The van der Waals surface area contributed by atoms with Crippen LogP contribution in [0.2, 0.25) is 5.02 Å². The molecule has 1 aliphatic rings. The van der Waals surface area contributed by atoms with Crippen molar-refractivity contribution in [2.75, 3.05) is 0 Å². The minimum Gasteiger partial charge on any atom is -0.456 e. The van der Waals surface area contributed by atoms with Gasteiger partial charge in [0.1, 0.15) is 11.2 Å². The van der Waals surface area contributed by atoms with E-state index >= 15 is 0 Å². The third-order valence-electron chi connectivity index (χ3n) is 8.17. The Kier molecular flexibility index (Phi) is 5.80. The molecule has 2 atom stereocenters. The fourth-order valence-electron chi connectivity index (χ4n) is 6.31. The summed E-state index contributed by atoms with van der Waals surface area (Å²) in [5.41, 5.74) is 5.84. The Morgan fingerprint density at radius 2 is 1.49 bits per heavy atom. The molecule has 5 heteroatoms. The lowest BCUT2D eigenvalue weighted by atomic mass is 9.82. The number of thiophene rings is 1. The number of amidine groups is 1. The molecule has 0 radical (unpaired) electrons. The first-order chi connectivity index (χ1) is 20.2. The van der Waals surface area contributed by atoms with Crippen LogP contribution in [-0.4, -0.2) is 11.5 Å². The summed E-state index contributed by atoms with van der Waals surface area (Å²) in [6.45, 7) is 2.24. The average Bonchev–Trinajstić information content (AvgIpc) is 3.59. The van der Waals surface area contributed by atoms with E-state index in [4.69, 9.17) is 26.0 Å². The molecule has 0 N–H and O–H groups in total. The van der Waals surface area contributed by atoms with Crippen LogP contribution in [0, 0.1) is 5.92 Å². The Morgan fingerprint density at radius 1 is 0.732 bits per heavy atom. The van der Waals surface area contributed by atoms with Crippen LogP contribution in [0.25, 0.3) is 42.1 Å². The van der Waals surface area contributed by atoms with Crippen molar-refractivity contribution in [2.24, 2.45) is 15.9 Å². The second-order valence-electron chi connectivity index (χ2n) is 10.5. The first-order valence-electron chi connectivity index (χ1n) is 13.9. The van der Waals surface area contributed by atoms with Gasteiger partial charge >= 0.3 is 0 Å². The van der Waals surface area contributed by atoms with E-state index in [1.165, 1.54) is 25.7 Å². The van der Waals surface area contributed by atoms with E-state index in [1.807, 2.05) is 53.8 Å². The molecule has 41 heavy (non-hydrogen) atoms. The van der Waals surface area contributed by atoms with Crippen LogP contribution in [0.5, 0.6) is 0 Å². The minimum atomic E-state index is -0.102. The molecule has 0 saturated heterocycles. The molecule has 1 aliphatic heterocycles. The molecule has 2 unspecified atom stereocenters. The van der Waals surface area contributed by atoms with Crippen molar-refractivity contribution in [3.8, 4) is 0 Å². The monoisotopic (exact) mass is 568 g/mol. The van der Waals surface area contributed by atoms with E-state index < -0.39 is 0 Å². The van der Waals surface area contributed by atoms with E-state index in [2.05, 4.69) is 73.7 Å². The van der Waals surface area contributed by atoms with Crippen molar-refractivity contribution in [1.29, 1.82) is 0 Å². The minimum absolute atomic E-state index is 0.102. The van der Waals surface area contributed by atoms with Crippen molar-refractivity contribution in [2.45, 2.75) is 19.4 Å². The lowest BCUT2D eigenvalue weighted by Crippen LogP contribution is -2.28. The second kappa shape index (κ2) is 9.69. The molecule has 3 nitrogen and oxygen atoms in total. The number of aliphatic imine (C=N–C) groups is 2. The Hall–Kier alpha value is -4.25. The topological polar surface area (TPSA) is 37.9 Å². The van der Waals surface area contributed by atoms with Crippen molar-refractivity contribution in [3.63, 3.8) is 0 Å². The average molecular weight is 569 g/mol. The third-order valence-corrected chi connectivity index (χ3v) is 9.61. The zero-order valence-electron chi connectivity index (χ0n) is 22.3. The number of furan rings is 1. The largest absolute Gasteiger partial charge is 0.456 e. The quantitative estimate of drug-likeness (QED) is 0.208. The van der Waals surface area contributed by atoms with Gasteiger partial charge in [0.25, 0.3) is 0 Å². The summed E-state index contributed by atoms with van der Waals surface area (Å²) in [5.74, 6) is 0.801. The van der Waals surface area contributed by atoms with Crippen LogP contribution in [0.1, 0.15) is 36.1 Å². The molecular formula is C36H25ClN2OS. The van der Waals surface area contributed by atoms with Gasteiger partial charge in [-0.3, -0.25) is 4.99 Å². The van der Waals surface area contributed by atoms with Crippen LogP contribution in [0.4, 0.5) is 0 Å². The normalized spacial score (nSPS) is 17.4. The third kappa shape index (κ3) is 3.93. The van der Waals surface area contributed by atoms with Gasteiger partial charge in [-0.15, -0.1) is 11.3 Å². The van der Waals surface area contributed by atoms with Gasteiger partial charge in [-0.1, -0.05) is 97.4 Å². The Morgan fingerprint density at radius 3 is 2.34 bits per heavy atom. The summed E-state index contributed by atoms with van der Waals surface area (Å²) in [6, 6.07) is 37.7. The van der Waals surface area contributed by atoms with Gasteiger partial charge in [0, 0.05) is 42.4 Å². The number of rotatable bonds is 4. The standard InChI is InChI=1S/C36H25ClN2OS/c1-2-23-34(21-11-4-3-5-12-21)38-36(22-19-27(37)33-24-13-6-8-16-28(24)40-29(33)20-22)39-35(23)26-15-10-18-31-32(26)25-14-7-9-17-30(25)41-31/h3-20,23,35H,2H2,1H3. The first-order valence-corrected chi connectivity index (χ1v) is 15.1. The number of para-hydroxylation sites is 1. The van der Waals surface area contributed by atoms with E-state index in [0.29, 0.717) is 10.9 Å². The number of hydrogen-bond donors (Lipinski definition) is 0. The smallest absolute Gasteiger partial charge is 0.155 e. The van der Waals surface area contributed by atoms with Gasteiger partial charge in [-0.25, -0.2) is 4.99 Å². The zero-order chi connectivity index (χ0) is 27.5. The lowest BCUT2D eigenvalue weighted by Gasteiger charge is -2.30. The maximum atomic E-state index is 6.93. The summed E-state index contributed by atoms with van der Waals surface area (Å²) >= 11 is 8.77. The van der Waals surface area contributed by atoms with E-state index in [0.717, 1.165) is 45.2 Å². The van der Waals surface area contributed by atoms with Crippen LogP contribution in [-0.2, 0) is 0 Å². The van der Waals surface area contributed by atoms with Crippen LogP contribution >= 0.6 is 22.9 Å². The molecule has 0 bridgehead atoms. The van der Waals surface area contributed by atoms with Gasteiger partial charge in [0.2, 0.25) is 0 Å². The summed E-state index contributed by atoms with van der Waals surface area (Å²) in [5, 5.41) is 5.15. The maximum absolute atomic E-state index is 6.93. The lowest BCUT2D eigenvalue weighted by molar-refractivity contribution is 0.536. The number of nitrogens with zero attached hydrogens (tertiary/aromatic N) is 2. The Balaban J connectivity index is 1.38.